The van der Waals surface area contributed by atoms with Gasteiger partial charge in [-0.25, -0.2) is 13.1 Å². The van der Waals surface area contributed by atoms with Crippen LogP contribution in [0.1, 0.15) is 11.1 Å². The van der Waals surface area contributed by atoms with Crippen molar-refractivity contribution in [3.63, 3.8) is 0 Å². The predicted octanol–water partition coefficient (Wildman–Crippen LogP) is 3.55. The number of H-pyrrole nitrogens is 1. The molecule has 0 aliphatic heterocycles. The molecule has 0 saturated carbocycles. The topological polar surface area (TPSA) is 74.8 Å². The fourth-order valence-corrected chi connectivity index (χ4v) is 4.41. The first-order valence-electron chi connectivity index (χ1n) is 8.45. The summed E-state index contributed by atoms with van der Waals surface area (Å²) in [6.07, 6.45) is 4.23. The van der Waals surface area contributed by atoms with Crippen molar-refractivity contribution in [1.82, 2.24) is 14.7 Å². The van der Waals surface area contributed by atoms with Crippen molar-refractivity contribution in [2.45, 2.75) is 18.2 Å². The second-order valence-electron chi connectivity index (χ2n) is 6.35. The van der Waals surface area contributed by atoms with Crippen molar-refractivity contribution in [2.24, 2.45) is 0 Å². The summed E-state index contributed by atoms with van der Waals surface area (Å²) in [4.78, 5) is 7.75. The maximum Gasteiger partial charge on any atom is 0.242 e. The molecule has 0 spiro atoms. The molecular formula is C20H19N3O2S. The molecule has 132 valence electrons. The molecule has 0 aliphatic rings. The lowest BCUT2D eigenvalue weighted by atomic mass is 10.1. The molecule has 0 aliphatic carbocycles. The SMILES string of the molecule is Cc1cnc2c(S(=O)(=O)NCCc3c[nH]c4ccccc34)cccc2c1. The number of pyridine rings is 1. The standard InChI is InChI=1S/C20H19N3O2S/c1-14-11-15-5-4-8-19(20(15)22-12-14)26(24,25)23-10-9-16-13-21-18-7-3-2-6-17(16)18/h2-8,11-13,21,23H,9-10H2,1H3. The molecule has 4 rings (SSSR count). The quantitative estimate of drug-likeness (QED) is 0.568. The van der Waals surface area contributed by atoms with Crippen LogP contribution in [0.4, 0.5) is 0 Å². The van der Waals surface area contributed by atoms with Crippen molar-refractivity contribution in [3.05, 3.63) is 72.1 Å². The van der Waals surface area contributed by atoms with Crippen molar-refractivity contribution in [1.29, 1.82) is 0 Å². The van der Waals surface area contributed by atoms with E-state index in [2.05, 4.69) is 14.7 Å². The zero-order valence-corrected chi connectivity index (χ0v) is 15.2. The Morgan fingerprint density at radius 3 is 2.85 bits per heavy atom. The highest BCUT2D eigenvalue weighted by atomic mass is 32.2. The smallest absolute Gasteiger partial charge is 0.242 e. The van der Waals surface area contributed by atoms with E-state index in [-0.39, 0.29) is 4.90 Å². The van der Waals surface area contributed by atoms with Gasteiger partial charge in [0.05, 0.1) is 5.52 Å². The molecular weight excluding hydrogens is 346 g/mol. The van der Waals surface area contributed by atoms with E-state index >= 15 is 0 Å². The minimum atomic E-state index is -3.63. The molecule has 0 saturated heterocycles. The Morgan fingerprint density at radius 1 is 1.12 bits per heavy atom. The third-order valence-electron chi connectivity index (χ3n) is 4.46. The molecule has 0 bridgehead atoms. The van der Waals surface area contributed by atoms with E-state index < -0.39 is 10.0 Å². The van der Waals surface area contributed by atoms with Gasteiger partial charge in [-0.05, 0) is 42.7 Å². The first-order chi connectivity index (χ1) is 12.5. The number of sulfonamides is 1. The van der Waals surface area contributed by atoms with Crippen LogP contribution in [0.2, 0.25) is 0 Å². The third-order valence-corrected chi connectivity index (χ3v) is 5.95. The van der Waals surface area contributed by atoms with Crippen molar-refractivity contribution in [2.75, 3.05) is 6.54 Å². The molecule has 2 aromatic carbocycles. The fourth-order valence-electron chi connectivity index (χ4n) is 3.20. The number of benzene rings is 2. The summed E-state index contributed by atoms with van der Waals surface area (Å²) < 4.78 is 28.2. The molecule has 2 N–H and O–H groups in total. The van der Waals surface area contributed by atoms with Gasteiger partial charge in [-0.15, -0.1) is 0 Å². The highest BCUT2D eigenvalue weighted by Crippen LogP contribution is 2.22. The summed E-state index contributed by atoms with van der Waals surface area (Å²) in [7, 11) is -3.63. The number of nitrogens with one attached hydrogen (secondary N) is 2. The van der Waals surface area contributed by atoms with E-state index in [0.717, 1.165) is 27.4 Å². The molecule has 4 aromatic rings. The van der Waals surface area contributed by atoms with Gasteiger partial charge in [-0.2, -0.15) is 0 Å². The number of nitrogens with zero attached hydrogens (tertiary/aromatic N) is 1. The van der Waals surface area contributed by atoms with Gasteiger partial charge in [-0.3, -0.25) is 4.98 Å². The van der Waals surface area contributed by atoms with Gasteiger partial charge in [0, 0.05) is 35.2 Å². The molecule has 0 radical (unpaired) electrons. The summed E-state index contributed by atoms with van der Waals surface area (Å²) in [5.74, 6) is 0. The van der Waals surface area contributed by atoms with Gasteiger partial charge in [0.2, 0.25) is 10.0 Å². The summed E-state index contributed by atoms with van der Waals surface area (Å²) >= 11 is 0. The Bertz CT molecular complexity index is 1200. The zero-order chi connectivity index (χ0) is 18.1. The van der Waals surface area contributed by atoms with E-state index in [1.807, 2.05) is 49.5 Å². The number of fused-ring (bicyclic) bond motifs is 2. The van der Waals surface area contributed by atoms with Gasteiger partial charge in [0.25, 0.3) is 0 Å². The summed E-state index contributed by atoms with van der Waals surface area (Å²) in [6, 6.07) is 15.2. The highest BCUT2D eigenvalue weighted by molar-refractivity contribution is 7.89. The molecule has 2 aromatic heterocycles. The van der Waals surface area contributed by atoms with Gasteiger partial charge in [-0.1, -0.05) is 30.3 Å². The highest BCUT2D eigenvalue weighted by Gasteiger charge is 2.18. The molecule has 6 heteroatoms. The molecule has 0 atom stereocenters. The number of aryl methyl sites for hydroxylation is 1. The van der Waals surface area contributed by atoms with Crippen molar-refractivity contribution >= 4 is 31.8 Å². The molecule has 2 heterocycles. The Kier molecular flexibility index (Phi) is 4.22. The first-order valence-corrected chi connectivity index (χ1v) is 9.93. The Hall–Kier alpha value is -2.70. The van der Waals surface area contributed by atoms with Crippen LogP contribution in [0, 0.1) is 6.92 Å². The lowest BCUT2D eigenvalue weighted by Gasteiger charge is -2.09. The van der Waals surface area contributed by atoms with Crippen molar-refractivity contribution < 1.29 is 8.42 Å². The third kappa shape index (κ3) is 3.09. The summed E-state index contributed by atoms with van der Waals surface area (Å²) in [5.41, 5.74) is 3.64. The van der Waals surface area contributed by atoms with Crippen LogP contribution in [0.3, 0.4) is 0 Å². The van der Waals surface area contributed by atoms with E-state index in [0.29, 0.717) is 18.5 Å². The zero-order valence-electron chi connectivity index (χ0n) is 14.4. The van der Waals surface area contributed by atoms with Crippen LogP contribution in [0.5, 0.6) is 0 Å². The summed E-state index contributed by atoms with van der Waals surface area (Å²) in [5, 5.41) is 1.94. The van der Waals surface area contributed by atoms with Gasteiger partial charge in [0.1, 0.15) is 4.90 Å². The van der Waals surface area contributed by atoms with Gasteiger partial charge >= 0.3 is 0 Å². The van der Waals surface area contributed by atoms with E-state index in [1.165, 1.54) is 0 Å². The van der Waals surface area contributed by atoms with Crippen LogP contribution in [-0.4, -0.2) is 24.9 Å². The Labute approximate surface area is 152 Å². The Balaban J connectivity index is 1.56. The van der Waals surface area contributed by atoms with E-state index in [9.17, 15) is 8.42 Å². The molecule has 0 amide bonds. The first kappa shape index (κ1) is 16.8. The number of para-hydroxylation sites is 2. The lowest BCUT2D eigenvalue weighted by Crippen LogP contribution is -2.26. The van der Waals surface area contributed by atoms with E-state index in [4.69, 9.17) is 0 Å². The number of aromatic nitrogens is 2. The number of hydrogen-bond donors (Lipinski definition) is 2. The average molecular weight is 365 g/mol. The van der Waals surface area contributed by atoms with Gasteiger partial charge < -0.3 is 4.98 Å². The van der Waals surface area contributed by atoms with Gasteiger partial charge in [0.15, 0.2) is 0 Å². The minimum Gasteiger partial charge on any atom is -0.361 e. The fraction of sp³-hybridized carbons (Fsp3) is 0.150. The molecule has 26 heavy (non-hydrogen) atoms. The largest absolute Gasteiger partial charge is 0.361 e. The maximum atomic E-state index is 12.8. The lowest BCUT2D eigenvalue weighted by molar-refractivity contribution is 0.582. The molecule has 5 nitrogen and oxygen atoms in total. The van der Waals surface area contributed by atoms with Crippen LogP contribution in [0.15, 0.2) is 65.8 Å². The second-order valence-corrected chi connectivity index (χ2v) is 8.08. The maximum absolute atomic E-state index is 12.8. The average Bonchev–Trinajstić information content (AvgIpc) is 3.04. The summed E-state index contributed by atoms with van der Waals surface area (Å²) in [6.45, 7) is 2.26. The monoisotopic (exact) mass is 365 g/mol. The number of rotatable bonds is 5. The Morgan fingerprint density at radius 2 is 1.96 bits per heavy atom. The number of hydrogen-bond acceptors (Lipinski definition) is 3. The second kappa shape index (κ2) is 6.55. The minimum absolute atomic E-state index is 0.217. The van der Waals surface area contributed by atoms with Crippen LogP contribution in [-0.2, 0) is 16.4 Å². The van der Waals surface area contributed by atoms with Crippen molar-refractivity contribution in [3.8, 4) is 0 Å². The van der Waals surface area contributed by atoms with Crippen LogP contribution < -0.4 is 4.72 Å². The number of aromatic amines is 1. The molecule has 0 unspecified atom stereocenters. The normalized spacial score (nSPS) is 12.0. The van der Waals surface area contributed by atoms with E-state index in [1.54, 1.807) is 18.3 Å². The van der Waals surface area contributed by atoms with Crippen LogP contribution in [0.25, 0.3) is 21.8 Å². The molecule has 0 fully saturated rings. The predicted molar refractivity (Wildman–Crippen MR) is 104 cm³/mol. The van der Waals surface area contributed by atoms with Crippen LogP contribution >= 0.6 is 0 Å².